The minimum Gasteiger partial charge on any atom is -0.382 e. The molecule has 4 nitrogen and oxygen atoms in total. The summed E-state index contributed by atoms with van der Waals surface area (Å²) < 4.78 is 23.4. The number of carbonyl (C=O) groups excluding carboxylic acids is 1. The normalized spacial score (nSPS) is 12.2. The Labute approximate surface area is 110 Å². The van der Waals surface area contributed by atoms with Gasteiger partial charge in [-0.2, -0.15) is 0 Å². The van der Waals surface area contributed by atoms with Gasteiger partial charge in [0.15, 0.2) is 0 Å². The van der Waals surface area contributed by atoms with E-state index in [0.29, 0.717) is 11.6 Å². The highest BCUT2D eigenvalue weighted by molar-refractivity contribution is 6.30. The van der Waals surface area contributed by atoms with Crippen molar-refractivity contribution >= 4 is 17.5 Å². The molecular formula is C12H15ClFNO3. The van der Waals surface area contributed by atoms with Gasteiger partial charge >= 0.3 is 0 Å². The summed E-state index contributed by atoms with van der Waals surface area (Å²) in [5.74, 6) is -1.15. The van der Waals surface area contributed by atoms with Crippen LogP contribution in [-0.4, -0.2) is 39.4 Å². The molecule has 0 heterocycles. The van der Waals surface area contributed by atoms with E-state index in [0.717, 1.165) is 6.07 Å². The van der Waals surface area contributed by atoms with Crippen molar-refractivity contribution in [1.82, 2.24) is 5.32 Å². The van der Waals surface area contributed by atoms with Crippen LogP contribution < -0.4 is 5.32 Å². The summed E-state index contributed by atoms with van der Waals surface area (Å²) in [6.45, 7) is 0.573. The van der Waals surface area contributed by atoms with Gasteiger partial charge in [0.2, 0.25) is 0 Å². The number of ether oxygens (including phenoxy) is 2. The molecule has 0 aliphatic carbocycles. The molecular weight excluding hydrogens is 261 g/mol. The Kier molecular flexibility index (Phi) is 6.04. The average Bonchev–Trinajstić information content (AvgIpc) is 2.37. The lowest BCUT2D eigenvalue weighted by Crippen LogP contribution is -2.35. The van der Waals surface area contributed by atoms with Crippen LogP contribution in [-0.2, 0) is 9.47 Å². The molecule has 1 rings (SSSR count). The lowest BCUT2D eigenvalue weighted by atomic mass is 10.2. The van der Waals surface area contributed by atoms with E-state index in [1.54, 1.807) is 0 Å². The van der Waals surface area contributed by atoms with Crippen molar-refractivity contribution in [3.05, 3.63) is 34.6 Å². The second kappa shape index (κ2) is 7.31. The third-order valence-corrected chi connectivity index (χ3v) is 2.58. The molecule has 1 aromatic rings. The van der Waals surface area contributed by atoms with E-state index < -0.39 is 11.7 Å². The summed E-state index contributed by atoms with van der Waals surface area (Å²) in [6, 6.07) is 3.82. The Balaban J connectivity index is 2.62. The molecule has 0 fully saturated rings. The fraction of sp³-hybridized carbons (Fsp3) is 0.417. The summed E-state index contributed by atoms with van der Waals surface area (Å²) in [5.41, 5.74) is -0.0882. The predicted octanol–water partition coefficient (Wildman–Crippen LogP) is 1.87. The van der Waals surface area contributed by atoms with Crippen LogP contribution in [0.1, 0.15) is 10.4 Å². The summed E-state index contributed by atoms with van der Waals surface area (Å²) in [4.78, 5) is 11.7. The average molecular weight is 276 g/mol. The zero-order valence-corrected chi connectivity index (χ0v) is 11.0. The molecule has 100 valence electrons. The molecule has 1 amide bonds. The summed E-state index contributed by atoms with van der Waals surface area (Å²) in [6.07, 6.45) is -0.277. The molecule has 6 heteroatoms. The number of hydrogen-bond donors (Lipinski definition) is 1. The van der Waals surface area contributed by atoms with E-state index in [4.69, 9.17) is 21.1 Å². The van der Waals surface area contributed by atoms with Crippen LogP contribution in [0.4, 0.5) is 4.39 Å². The molecule has 0 radical (unpaired) electrons. The SMILES string of the molecule is COCC(CNC(=O)c1cc(Cl)ccc1F)OC. The molecule has 1 unspecified atom stereocenters. The molecule has 0 saturated carbocycles. The summed E-state index contributed by atoms with van der Waals surface area (Å²) in [7, 11) is 3.04. The number of hydrogen-bond acceptors (Lipinski definition) is 3. The van der Waals surface area contributed by atoms with Gasteiger partial charge in [-0.05, 0) is 18.2 Å². The van der Waals surface area contributed by atoms with Crippen molar-refractivity contribution in [2.45, 2.75) is 6.10 Å². The number of rotatable bonds is 6. The number of halogens is 2. The molecule has 18 heavy (non-hydrogen) atoms. The van der Waals surface area contributed by atoms with Crippen molar-refractivity contribution in [2.75, 3.05) is 27.4 Å². The fourth-order valence-corrected chi connectivity index (χ4v) is 1.54. The van der Waals surface area contributed by atoms with Crippen LogP contribution in [0.3, 0.4) is 0 Å². The molecule has 0 bridgehead atoms. The first kappa shape index (κ1) is 14.9. The fourth-order valence-electron chi connectivity index (χ4n) is 1.37. The monoisotopic (exact) mass is 275 g/mol. The van der Waals surface area contributed by atoms with E-state index in [1.165, 1.54) is 26.4 Å². The molecule has 1 atom stereocenters. The van der Waals surface area contributed by atoms with Gasteiger partial charge in [0.05, 0.1) is 18.3 Å². The Morgan fingerprint density at radius 3 is 2.83 bits per heavy atom. The van der Waals surface area contributed by atoms with Gasteiger partial charge in [-0.1, -0.05) is 11.6 Å². The molecule has 0 spiro atoms. The van der Waals surface area contributed by atoms with Crippen LogP contribution in [0.2, 0.25) is 5.02 Å². The van der Waals surface area contributed by atoms with Gasteiger partial charge in [0.1, 0.15) is 5.82 Å². The third-order valence-electron chi connectivity index (χ3n) is 2.35. The van der Waals surface area contributed by atoms with Crippen molar-refractivity contribution in [3.8, 4) is 0 Å². The molecule has 1 N–H and O–H groups in total. The number of carbonyl (C=O) groups is 1. The molecule has 0 aliphatic rings. The summed E-state index contributed by atoms with van der Waals surface area (Å²) in [5, 5.41) is 2.87. The second-order valence-corrected chi connectivity index (χ2v) is 4.08. The van der Waals surface area contributed by atoms with Crippen molar-refractivity contribution < 1.29 is 18.7 Å². The topological polar surface area (TPSA) is 47.6 Å². The highest BCUT2D eigenvalue weighted by atomic mass is 35.5. The van der Waals surface area contributed by atoms with Gasteiger partial charge in [0, 0.05) is 25.8 Å². The lowest BCUT2D eigenvalue weighted by Gasteiger charge is -2.15. The zero-order valence-electron chi connectivity index (χ0n) is 10.2. The first-order chi connectivity index (χ1) is 8.58. The highest BCUT2D eigenvalue weighted by Gasteiger charge is 2.14. The maximum Gasteiger partial charge on any atom is 0.254 e. The van der Waals surface area contributed by atoms with Gasteiger partial charge in [-0.25, -0.2) is 4.39 Å². The molecule has 1 aromatic carbocycles. The van der Waals surface area contributed by atoms with Gasteiger partial charge < -0.3 is 14.8 Å². The van der Waals surface area contributed by atoms with Crippen LogP contribution in [0.5, 0.6) is 0 Å². The van der Waals surface area contributed by atoms with Gasteiger partial charge in [-0.3, -0.25) is 4.79 Å². The quantitative estimate of drug-likeness (QED) is 0.862. The molecule has 0 aliphatic heterocycles. The zero-order chi connectivity index (χ0) is 13.5. The van der Waals surface area contributed by atoms with E-state index in [-0.39, 0.29) is 18.2 Å². The van der Waals surface area contributed by atoms with E-state index >= 15 is 0 Å². The second-order valence-electron chi connectivity index (χ2n) is 3.65. The van der Waals surface area contributed by atoms with E-state index in [9.17, 15) is 9.18 Å². The number of amides is 1. The van der Waals surface area contributed by atoms with E-state index in [2.05, 4.69) is 5.32 Å². The van der Waals surface area contributed by atoms with Crippen molar-refractivity contribution in [1.29, 1.82) is 0 Å². The Morgan fingerprint density at radius 2 is 2.22 bits per heavy atom. The van der Waals surface area contributed by atoms with Crippen LogP contribution >= 0.6 is 11.6 Å². The van der Waals surface area contributed by atoms with Crippen LogP contribution in [0, 0.1) is 5.82 Å². The predicted molar refractivity (Wildman–Crippen MR) is 66.4 cm³/mol. The third kappa shape index (κ3) is 4.25. The minimum absolute atomic E-state index is 0.0882. The van der Waals surface area contributed by atoms with Gasteiger partial charge in [-0.15, -0.1) is 0 Å². The number of benzene rings is 1. The Hall–Kier alpha value is -1.17. The first-order valence-corrected chi connectivity index (χ1v) is 5.71. The van der Waals surface area contributed by atoms with Crippen LogP contribution in [0.15, 0.2) is 18.2 Å². The Morgan fingerprint density at radius 1 is 1.50 bits per heavy atom. The molecule has 0 aromatic heterocycles. The number of methoxy groups -OCH3 is 2. The van der Waals surface area contributed by atoms with Gasteiger partial charge in [0.25, 0.3) is 5.91 Å². The van der Waals surface area contributed by atoms with Crippen molar-refractivity contribution in [2.24, 2.45) is 0 Å². The maximum atomic E-state index is 13.4. The smallest absolute Gasteiger partial charge is 0.254 e. The molecule has 0 saturated heterocycles. The van der Waals surface area contributed by atoms with Crippen molar-refractivity contribution in [3.63, 3.8) is 0 Å². The first-order valence-electron chi connectivity index (χ1n) is 5.33. The largest absolute Gasteiger partial charge is 0.382 e. The summed E-state index contributed by atoms with van der Waals surface area (Å²) >= 11 is 5.71. The lowest BCUT2D eigenvalue weighted by molar-refractivity contribution is 0.0285. The number of nitrogens with one attached hydrogen (secondary N) is 1. The highest BCUT2D eigenvalue weighted by Crippen LogP contribution is 2.14. The maximum absolute atomic E-state index is 13.4. The Bertz CT molecular complexity index is 414. The standard InChI is InChI=1S/C12H15ClFNO3/c1-17-7-9(18-2)6-15-12(16)10-5-8(13)3-4-11(10)14/h3-5,9H,6-7H2,1-2H3,(H,15,16). The van der Waals surface area contributed by atoms with E-state index in [1.807, 2.05) is 0 Å². The minimum atomic E-state index is -0.613. The van der Waals surface area contributed by atoms with Crippen LogP contribution in [0.25, 0.3) is 0 Å².